The number of amides is 1. The average molecular weight is 361 g/mol. The molecule has 0 bridgehead atoms. The first kappa shape index (κ1) is 17.0. The van der Waals surface area contributed by atoms with Crippen molar-refractivity contribution in [2.75, 3.05) is 0 Å². The van der Waals surface area contributed by atoms with Gasteiger partial charge in [-0.25, -0.2) is 4.98 Å². The maximum atomic E-state index is 12.9. The van der Waals surface area contributed by atoms with Crippen LogP contribution in [-0.4, -0.2) is 31.5 Å². The van der Waals surface area contributed by atoms with E-state index in [-0.39, 0.29) is 11.9 Å². The summed E-state index contributed by atoms with van der Waals surface area (Å²) in [5, 5.41) is 7.16. The third-order valence-corrected chi connectivity index (χ3v) is 4.34. The molecule has 1 amide bonds. The summed E-state index contributed by atoms with van der Waals surface area (Å²) >= 11 is 0. The van der Waals surface area contributed by atoms with Crippen molar-refractivity contribution < 1.29 is 9.21 Å². The minimum atomic E-state index is -0.211. The lowest BCUT2D eigenvalue weighted by molar-refractivity contribution is 0.0930. The number of aromatic nitrogens is 4. The van der Waals surface area contributed by atoms with Crippen molar-refractivity contribution >= 4 is 11.7 Å². The van der Waals surface area contributed by atoms with E-state index in [9.17, 15) is 4.79 Å². The normalized spacial score (nSPS) is 12.2. The van der Waals surface area contributed by atoms with E-state index in [1.54, 1.807) is 12.3 Å². The predicted molar refractivity (Wildman–Crippen MR) is 100 cm³/mol. The van der Waals surface area contributed by atoms with Crippen LogP contribution in [0.1, 0.15) is 29.6 Å². The van der Waals surface area contributed by atoms with Crippen LogP contribution in [0.2, 0.25) is 0 Å². The second kappa shape index (κ2) is 7.41. The Labute approximate surface area is 156 Å². The smallest absolute Gasteiger partial charge is 0.270 e. The molecule has 0 aliphatic rings. The first-order valence-electron chi connectivity index (χ1n) is 8.80. The standard InChI is InChI=1S/C20H19N5O2/c1-14(9-10-16-8-5-11-27-16)23-19(26)18-12-17(15-6-3-2-4-7-15)24-20-21-13-22-25(18)20/h2-8,11-14H,9-10H2,1H3,(H,23,26)/t14-/m1/s1. The zero-order valence-corrected chi connectivity index (χ0v) is 14.9. The van der Waals surface area contributed by atoms with Crippen molar-refractivity contribution in [1.82, 2.24) is 24.9 Å². The highest BCUT2D eigenvalue weighted by atomic mass is 16.3. The van der Waals surface area contributed by atoms with Crippen LogP contribution in [0, 0.1) is 0 Å². The zero-order chi connectivity index (χ0) is 18.6. The monoisotopic (exact) mass is 361 g/mol. The number of hydrogen-bond donors (Lipinski definition) is 1. The van der Waals surface area contributed by atoms with Gasteiger partial charge >= 0.3 is 0 Å². The highest BCUT2D eigenvalue weighted by molar-refractivity contribution is 5.94. The molecule has 0 fully saturated rings. The molecule has 27 heavy (non-hydrogen) atoms. The molecule has 1 aromatic carbocycles. The molecular weight excluding hydrogens is 342 g/mol. The molecule has 0 spiro atoms. The molecule has 4 aromatic rings. The molecule has 136 valence electrons. The molecule has 0 unspecified atom stereocenters. The van der Waals surface area contributed by atoms with Gasteiger partial charge in [0, 0.05) is 18.0 Å². The second-order valence-corrected chi connectivity index (χ2v) is 6.36. The van der Waals surface area contributed by atoms with Gasteiger partial charge in [-0.3, -0.25) is 4.79 Å². The Morgan fingerprint density at radius 1 is 1.22 bits per heavy atom. The lowest BCUT2D eigenvalue weighted by atomic mass is 10.1. The molecular formula is C20H19N5O2. The lowest BCUT2D eigenvalue weighted by Crippen LogP contribution is -2.34. The molecule has 7 heteroatoms. The maximum Gasteiger partial charge on any atom is 0.270 e. The molecule has 0 aliphatic carbocycles. The van der Waals surface area contributed by atoms with E-state index in [0.717, 1.165) is 24.2 Å². The van der Waals surface area contributed by atoms with Gasteiger partial charge in [-0.15, -0.1) is 0 Å². The third-order valence-electron chi connectivity index (χ3n) is 4.34. The summed E-state index contributed by atoms with van der Waals surface area (Å²) in [6.45, 7) is 1.97. The number of rotatable bonds is 6. The number of fused-ring (bicyclic) bond motifs is 1. The Morgan fingerprint density at radius 3 is 2.85 bits per heavy atom. The minimum absolute atomic E-state index is 0.0190. The number of nitrogens with one attached hydrogen (secondary N) is 1. The van der Waals surface area contributed by atoms with Gasteiger partial charge in [0.05, 0.1) is 12.0 Å². The van der Waals surface area contributed by atoms with Crippen LogP contribution in [0.15, 0.2) is 65.5 Å². The average Bonchev–Trinajstić information content (AvgIpc) is 3.37. The van der Waals surface area contributed by atoms with Gasteiger partial charge in [0.15, 0.2) is 0 Å². The summed E-state index contributed by atoms with van der Waals surface area (Å²) in [5.41, 5.74) is 2.01. The Bertz CT molecular complexity index is 1040. The van der Waals surface area contributed by atoms with Crippen LogP contribution in [-0.2, 0) is 6.42 Å². The third kappa shape index (κ3) is 3.72. The first-order valence-corrected chi connectivity index (χ1v) is 8.80. The van der Waals surface area contributed by atoms with Crippen LogP contribution < -0.4 is 5.32 Å². The Hall–Kier alpha value is -3.48. The molecule has 0 saturated heterocycles. The lowest BCUT2D eigenvalue weighted by Gasteiger charge is -2.14. The van der Waals surface area contributed by atoms with Crippen LogP contribution >= 0.6 is 0 Å². The summed E-state index contributed by atoms with van der Waals surface area (Å²) in [6.07, 6.45) is 4.59. The highest BCUT2D eigenvalue weighted by Gasteiger charge is 2.17. The van der Waals surface area contributed by atoms with Crippen LogP contribution in [0.3, 0.4) is 0 Å². The van der Waals surface area contributed by atoms with Gasteiger partial charge in [0.25, 0.3) is 11.7 Å². The number of nitrogens with zero attached hydrogens (tertiary/aromatic N) is 4. The summed E-state index contributed by atoms with van der Waals surface area (Å²) < 4.78 is 6.80. The summed E-state index contributed by atoms with van der Waals surface area (Å²) in [5.74, 6) is 1.09. The van der Waals surface area contributed by atoms with Crippen molar-refractivity contribution in [3.8, 4) is 11.3 Å². The molecule has 0 radical (unpaired) electrons. The quantitative estimate of drug-likeness (QED) is 0.570. The fraction of sp³-hybridized carbons (Fsp3) is 0.200. The topological polar surface area (TPSA) is 85.3 Å². The minimum Gasteiger partial charge on any atom is -0.469 e. The van der Waals surface area contributed by atoms with Crippen molar-refractivity contribution in [3.63, 3.8) is 0 Å². The Kier molecular flexibility index (Phi) is 4.65. The number of carbonyl (C=O) groups excluding carboxylic acids is 1. The van der Waals surface area contributed by atoms with Gasteiger partial charge in [0.1, 0.15) is 17.8 Å². The van der Waals surface area contributed by atoms with Gasteiger partial charge < -0.3 is 9.73 Å². The van der Waals surface area contributed by atoms with Gasteiger partial charge in [0.2, 0.25) is 0 Å². The number of carbonyl (C=O) groups is 1. The first-order chi connectivity index (χ1) is 13.2. The fourth-order valence-electron chi connectivity index (χ4n) is 2.91. The van der Waals surface area contributed by atoms with E-state index in [2.05, 4.69) is 20.4 Å². The number of benzene rings is 1. The van der Waals surface area contributed by atoms with Crippen LogP contribution in [0.5, 0.6) is 0 Å². The summed E-state index contributed by atoms with van der Waals surface area (Å²) in [7, 11) is 0. The SMILES string of the molecule is C[C@H](CCc1ccco1)NC(=O)c1cc(-c2ccccc2)nc2ncnn12. The molecule has 0 aliphatic heterocycles. The van der Waals surface area contributed by atoms with Crippen molar-refractivity contribution in [1.29, 1.82) is 0 Å². The molecule has 1 atom stereocenters. The molecule has 0 saturated carbocycles. The van der Waals surface area contributed by atoms with Gasteiger partial charge in [-0.2, -0.15) is 14.6 Å². The van der Waals surface area contributed by atoms with E-state index in [1.807, 2.05) is 49.4 Å². The highest BCUT2D eigenvalue weighted by Crippen LogP contribution is 2.19. The van der Waals surface area contributed by atoms with Crippen LogP contribution in [0.25, 0.3) is 17.0 Å². The van der Waals surface area contributed by atoms with E-state index in [0.29, 0.717) is 17.2 Å². The fourth-order valence-corrected chi connectivity index (χ4v) is 2.91. The van der Waals surface area contributed by atoms with Crippen molar-refractivity contribution in [3.05, 3.63) is 72.6 Å². The van der Waals surface area contributed by atoms with Gasteiger partial charge in [-0.05, 0) is 31.5 Å². The predicted octanol–water partition coefficient (Wildman–Crippen LogP) is 3.14. The summed E-state index contributed by atoms with van der Waals surface area (Å²) in [6, 6.07) is 15.2. The van der Waals surface area contributed by atoms with Crippen LogP contribution in [0.4, 0.5) is 0 Å². The Balaban J connectivity index is 1.56. The number of hydrogen-bond acceptors (Lipinski definition) is 5. The summed E-state index contributed by atoms with van der Waals surface area (Å²) in [4.78, 5) is 21.5. The van der Waals surface area contributed by atoms with Crippen molar-refractivity contribution in [2.45, 2.75) is 25.8 Å². The van der Waals surface area contributed by atoms with Gasteiger partial charge in [-0.1, -0.05) is 30.3 Å². The van der Waals surface area contributed by atoms with E-state index in [1.165, 1.54) is 10.8 Å². The molecule has 1 N–H and O–H groups in total. The van der Waals surface area contributed by atoms with Crippen molar-refractivity contribution in [2.24, 2.45) is 0 Å². The van der Waals surface area contributed by atoms with E-state index >= 15 is 0 Å². The molecule has 4 rings (SSSR count). The number of furan rings is 1. The molecule has 3 heterocycles. The number of aryl methyl sites for hydroxylation is 1. The van der Waals surface area contributed by atoms with E-state index < -0.39 is 0 Å². The molecule has 3 aromatic heterocycles. The van der Waals surface area contributed by atoms with E-state index in [4.69, 9.17) is 4.42 Å². The largest absolute Gasteiger partial charge is 0.469 e. The second-order valence-electron chi connectivity index (χ2n) is 6.36. The Morgan fingerprint density at radius 2 is 2.07 bits per heavy atom. The molecule has 7 nitrogen and oxygen atoms in total. The maximum absolute atomic E-state index is 12.9. The zero-order valence-electron chi connectivity index (χ0n) is 14.9.